The molecule has 0 unspecified atom stereocenters. The van der Waals surface area contributed by atoms with Gasteiger partial charge >= 0.3 is 0 Å². The predicted octanol–water partition coefficient (Wildman–Crippen LogP) is 1.44. The molecule has 0 aliphatic rings. The first kappa shape index (κ1) is 11.1. The van der Waals surface area contributed by atoms with Crippen molar-refractivity contribution in [3.63, 3.8) is 0 Å². The number of nitrogens with zero attached hydrogens (tertiary/aromatic N) is 1. The van der Waals surface area contributed by atoms with E-state index in [2.05, 4.69) is 6.07 Å². The van der Waals surface area contributed by atoms with Gasteiger partial charge in [-0.15, -0.1) is 0 Å². The smallest absolute Gasteiger partial charge is 0.131 e. The summed E-state index contributed by atoms with van der Waals surface area (Å²) in [7, 11) is 0. The third-order valence-corrected chi connectivity index (χ3v) is 2.08. The van der Waals surface area contributed by atoms with Crippen LogP contribution in [0.5, 0.6) is 0 Å². The molecule has 1 aromatic carbocycles. The quantitative estimate of drug-likeness (QED) is 0.770. The Balaban J connectivity index is 2.57. The molecule has 1 N–H and O–H groups in total. The molecule has 1 aromatic rings. The third kappa shape index (κ3) is 3.44. The standard InChI is InChI=1S/C11H15FNO/c1-2-13(6-7-14)9-10-4-3-5-11(12)8-10/h3-5,14H,2,6-7,9H2,1H3. The van der Waals surface area contributed by atoms with Crippen molar-refractivity contribution < 1.29 is 9.50 Å². The van der Waals surface area contributed by atoms with Gasteiger partial charge in [-0.3, -0.25) is 4.90 Å². The van der Waals surface area contributed by atoms with E-state index in [9.17, 15) is 4.39 Å². The summed E-state index contributed by atoms with van der Waals surface area (Å²) < 4.78 is 12.8. The maximum absolute atomic E-state index is 12.8. The average Bonchev–Trinajstić information content (AvgIpc) is 2.17. The van der Waals surface area contributed by atoms with Crippen LogP contribution >= 0.6 is 0 Å². The summed E-state index contributed by atoms with van der Waals surface area (Å²) in [5.41, 5.74) is 0.820. The number of halogens is 1. The van der Waals surface area contributed by atoms with Gasteiger partial charge in [0, 0.05) is 19.2 Å². The van der Waals surface area contributed by atoms with Crippen LogP contribution in [-0.4, -0.2) is 29.7 Å². The summed E-state index contributed by atoms with van der Waals surface area (Å²) in [4.78, 5) is 2.03. The highest BCUT2D eigenvalue weighted by Crippen LogP contribution is 2.05. The monoisotopic (exact) mass is 196 g/mol. The fourth-order valence-corrected chi connectivity index (χ4v) is 1.31. The van der Waals surface area contributed by atoms with Crippen LogP contribution in [0.3, 0.4) is 0 Å². The Morgan fingerprint density at radius 3 is 2.86 bits per heavy atom. The lowest BCUT2D eigenvalue weighted by Gasteiger charge is -2.18. The number of likely N-dealkylation sites (N-methyl/N-ethyl adjacent to an activating group) is 1. The van der Waals surface area contributed by atoms with Crippen molar-refractivity contribution in [3.8, 4) is 0 Å². The largest absolute Gasteiger partial charge is 0.395 e. The average molecular weight is 196 g/mol. The summed E-state index contributed by atoms with van der Waals surface area (Å²) >= 11 is 0. The highest BCUT2D eigenvalue weighted by molar-refractivity contribution is 5.14. The lowest BCUT2D eigenvalue weighted by atomic mass is 10.2. The molecule has 0 bridgehead atoms. The van der Waals surface area contributed by atoms with Crippen molar-refractivity contribution in [1.82, 2.24) is 4.90 Å². The Kier molecular flexibility index (Phi) is 4.56. The van der Waals surface area contributed by atoms with Gasteiger partial charge in [-0.05, 0) is 18.2 Å². The van der Waals surface area contributed by atoms with Crippen LogP contribution in [-0.2, 0) is 6.54 Å². The van der Waals surface area contributed by atoms with E-state index in [4.69, 9.17) is 5.11 Å². The lowest BCUT2D eigenvalue weighted by molar-refractivity contribution is 0.196. The minimum Gasteiger partial charge on any atom is -0.395 e. The Bertz CT molecular complexity index is 278. The van der Waals surface area contributed by atoms with E-state index in [1.54, 1.807) is 6.07 Å². The Morgan fingerprint density at radius 1 is 1.50 bits per heavy atom. The maximum Gasteiger partial charge on any atom is 0.131 e. The SMILES string of the molecule is CCN(CCO)Cc1[c]c(F)ccc1. The fraction of sp³-hybridized carbons (Fsp3) is 0.455. The zero-order valence-electron chi connectivity index (χ0n) is 8.33. The number of hydrogen-bond acceptors (Lipinski definition) is 2. The van der Waals surface area contributed by atoms with Gasteiger partial charge in [0.2, 0.25) is 0 Å². The number of benzene rings is 1. The Labute approximate surface area is 84.0 Å². The van der Waals surface area contributed by atoms with Gasteiger partial charge in [-0.2, -0.15) is 0 Å². The Morgan fingerprint density at radius 2 is 2.29 bits per heavy atom. The molecular formula is C11H15FNO. The van der Waals surface area contributed by atoms with Crippen LogP contribution in [0.25, 0.3) is 0 Å². The third-order valence-electron chi connectivity index (χ3n) is 2.08. The van der Waals surface area contributed by atoms with Gasteiger partial charge in [-0.25, -0.2) is 4.39 Å². The molecule has 0 aliphatic heterocycles. The lowest BCUT2D eigenvalue weighted by Crippen LogP contribution is -2.26. The highest BCUT2D eigenvalue weighted by atomic mass is 19.1. The van der Waals surface area contributed by atoms with E-state index >= 15 is 0 Å². The van der Waals surface area contributed by atoms with Crippen molar-refractivity contribution in [1.29, 1.82) is 0 Å². The molecule has 0 fully saturated rings. The van der Waals surface area contributed by atoms with Crippen molar-refractivity contribution in [2.75, 3.05) is 19.7 Å². The zero-order chi connectivity index (χ0) is 10.4. The molecule has 3 heteroatoms. The van der Waals surface area contributed by atoms with Crippen molar-refractivity contribution >= 4 is 0 Å². The van der Waals surface area contributed by atoms with Gasteiger partial charge in [0.15, 0.2) is 0 Å². The van der Waals surface area contributed by atoms with Crippen molar-refractivity contribution in [2.24, 2.45) is 0 Å². The van der Waals surface area contributed by atoms with E-state index < -0.39 is 0 Å². The van der Waals surface area contributed by atoms with E-state index in [1.165, 1.54) is 6.07 Å². The first-order chi connectivity index (χ1) is 6.76. The van der Waals surface area contributed by atoms with E-state index in [0.29, 0.717) is 13.1 Å². The van der Waals surface area contributed by atoms with Gasteiger partial charge in [0.1, 0.15) is 5.82 Å². The minimum atomic E-state index is -0.331. The van der Waals surface area contributed by atoms with Crippen LogP contribution < -0.4 is 0 Å². The number of hydrogen-bond donors (Lipinski definition) is 1. The van der Waals surface area contributed by atoms with E-state index in [-0.39, 0.29) is 12.4 Å². The molecule has 0 aromatic heterocycles. The summed E-state index contributed by atoms with van der Waals surface area (Å²) in [6.07, 6.45) is 0. The summed E-state index contributed by atoms with van der Waals surface area (Å²) in [5, 5.41) is 8.77. The van der Waals surface area contributed by atoms with Crippen LogP contribution in [0.4, 0.5) is 4.39 Å². The second-order valence-corrected chi connectivity index (χ2v) is 3.12. The van der Waals surface area contributed by atoms with Crippen molar-refractivity contribution in [3.05, 3.63) is 35.6 Å². The Hall–Kier alpha value is -0.930. The maximum atomic E-state index is 12.8. The summed E-state index contributed by atoms with van der Waals surface area (Å²) in [6, 6.07) is 7.53. The number of rotatable bonds is 5. The molecule has 1 radical (unpaired) electrons. The second kappa shape index (κ2) is 5.73. The summed E-state index contributed by atoms with van der Waals surface area (Å²) in [5.74, 6) is -0.331. The molecule has 0 spiro atoms. The molecule has 0 atom stereocenters. The van der Waals surface area contributed by atoms with Gasteiger partial charge < -0.3 is 5.11 Å². The molecular weight excluding hydrogens is 181 g/mol. The van der Waals surface area contributed by atoms with E-state index in [1.807, 2.05) is 17.9 Å². The molecule has 0 aliphatic carbocycles. The number of aliphatic hydroxyl groups excluding tert-OH is 1. The molecule has 77 valence electrons. The molecule has 2 nitrogen and oxygen atoms in total. The van der Waals surface area contributed by atoms with Crippen LogP contribution in [0, 0.1) is 11.9 Å². The minimum absolute atomic E-state index is 0.128. The fourth-order valence-electron chi connectivity index (χ4n) is 1.31. The molecule has 1 rings (SSSR count). The molecule has 0 heterocycles. The first-order valence-corrected chi connectivity index (χ1v) is 4.76. The van der Waals surface area contributed by atoms with E-state index in [0.717, 1.165) is 12.1 Å². The van der Waals surface area contributed by atoms with Crippen molar-refractivity contribution in [2.45, 2.75) is 13.5 Å². The predicted molar refractivity (Wildman–Crippen MR) is 53.3 cm³/mol. The highest BCUT2D eigenvalue weighted by Gasteiger charge is 2.03. The molecule has 14 heavy (non-hydrogen) atoms. The first-order valence-electron chi connectivity index (χ1n) is 4.76. The van der Waals surface area contributed by atoms with Crippen LogP contribution in [0.15, 0.2) is 18.2 Å². The molecule has 0 saturated carbocycles. The summed E-state index contributed by atoms with van der Waals surface area (Å²) in [6.45, 7) is 4.22. The van der Waals surface area contributed by atoms with Crippen LogP contribution in [0.2, 0.25) is 0 Å². The van der Waals surface area contributed by atoms with Gasteiger partial charge in [0.25, 0.3) is 0 Å². The van der Waals surface area contributed by atoms with Gasteiger partial charge in [-0.1, -0.05) is 19.1 Å². The number of aliphatic hydroxyl groups is 1. The normalized spacial score (nSPS) is 10.9. The topological polar surface area (TPSA) is 23.5 Å². The molecule has 0 amide bonds. The molecule has 0 saturated heterocycles. The second-order valence-electron chi connectivity index (χ2n) is 3.12. The van der Waals surface area contributed by atoms with Gasteiger partial charge in [0.05, 0.1) is 6.61 Å². The zero-order valence-corrected chi connectivity index (χ0v) is 8.33. The van der Waals surface area contributed by atoms with Crippen LogP contribution in [0.1, 0.15) is 12.5 Å².